The van der Waals surface area contributed by atoms with Crippen LogP contribution in [0, 0.1) is 3.57 Å². The Morgan fingerprint density at radius 1 is 1.24 bits per heavy atom. The summed E-state index contributed by atoms with van der Waals surface area (Å²) in [6, 6.07) is 5.55. The Hall–Kier alpha value is -1.19. The number of phenols is 1. The van der Waals surface area contributed by atoms with Gasteiger partial charge in [-0.25, -0.2) is 0 Å². The van der Waals surface area contributed by atoms with Gasteiger partial charge in [0.2, 0.25) is 0 Å². The van der Waals surface area contributed by atoms with Crippen LogP contribution >= 0.6 is 22.6 Å². The van der Waals surface area contributed by atoms with Gasteiger partial charge in [0.25, 0.3) is 5.89 Å². The third-order valence-corrected chi connectivity index (χ3v) is 4.88. The third-order valence-electron chi connectivity index (χ3n) is 4.21. The maximum absolute atomic E-state index is 9.96. The number of hydrogen-bond acceptors (Lipinski definition) is 6. The molecule has 3 aliphatic heterocycles. The van der Waals surface area contributed by atoms with Crippen molar-refractivity contribution in [1.82, 2.24) is 19.9 Å². The van der Waals surface area contributed by atoms with Crippen molar-refractivity contribution in [3.63, 3.8) is 0 Å². The number of fused-ring (bicyclic) bond motifs is 3. The molecule has 1 aromatic carbocycles. The van der Waals surface area contributed by atoms with Crippen molar-refractivity contribution in [2.45, 2.75) is 6.04 Å². The number of halogens is 1. The van der Waals surface area contributed by atoms with E-state index in [0.29, 0.717) is 17.3 Å². The molecule has 0 amide bonds. The minimum atomic E-state index is 0.167. The van der Waals surface area contributed by atoms with Crippen molar-refractivity contribution in [1.29, 1.82) is 0 Å². The summed E-state index contributed by atoms with van der Waals surface area (Å²) >= 11 is 2.20. The average molecular weight is 398 g/mol. The predicted octanol–water partition coefficient (Wildman–Crippen LogP) is 1.72. The quantitative estimate of drug-likeness (QED) is 0.778. The lowest BCUT2D eigenvalue weighted by Gasteiger charge is -2.46. The van der Waals surface area contributed by atoms with E-state index in [0.717, 1.165) is 36.3 Å². The molecular weight excluding hydrogens is 383 g/mol. The Bertz CT molecular complexity index is 667. The molecular formula is C14H15IN4O2. The highest BCUT2D eigenvalue weighted by Gasteiger charge is 2.35. The number of aromatic hydroxyl groups is 1. The fraction of sp³-hybridized carbons (Fsp3) is 0.429. The first kappa shape index (κ1) is 13.5. The minimum Gasteiger partial charge on any atom is -0.507 e. The number of phenolic OH excluding ortho intramolecular Hbond substituents is 1. The summed E-state index contributed by atoms with van der Waals surface area (Å²) in [6.07, 6.45) is 0. The Morgan fingerprint density at radius 2 is 2.05 bits per heavy atom. The smallest absolute Gasteiger partial charge is 0.261 e. The van der Waals surface area contributed by atoms with Crippen LogP contribution in [0.1, 0.15) is 11.9 Å². The molecule has 2 bridgehead atoms. The highest BCUT2D eigenvalue weighted by atomic mass is 127. The molecule has 6 nitrogen and oxygen atoms in total. The second kappa shape index (κ2) is 5.22. The summed E-state index contributed by atoms with van der Waals surface area (Å²) in [5, 5.41) is 14.1. The molecule has 3 aliphatic rings. The topological polar surface area (TPSA) is 65.6 Å². The molecule has 0 radical (unpaired) electrons. The zero-order valence-corrected chi connectivity index (χ0v) is 13.5. The van der Waals surface area contributed by atoms with E-state index in [1.165, 1.54) is 0 Å². The second-order valence-electron chi connectivity index (χ2n) is 5.47. The van der Waals surface area contributed by atoms with Gasteiger partial charge >= 0.3 is 0 Å². The number of hydrogen-bond donors (Lipinski definition) is 1. The van der Waals surface area contributed by atoms with Gasteiger partial charge < -0.3 is 9.63 Å². The van der Waals surface area contributed by atoms with Crippen LogP contribution in [-0.4, -0.2) is 57.8 Å². The van der Waals surface area contributed by atoms with Crippen molar-refractivity contribution in [3.8, 4) is 17.2 Å². The van der Waals surface area contributed by atoms with Gasteiger partial charge in [-0.2, -0.15) is 4.98 Å². The summed E-state index contributed by atoms with van der Waals surface area (Å²) < 4.78 is 6.40. The van der Waals surface area contributed by atoms with E-state index in [9.17, 15) is 5.11 Å². The average Bonchev–Trinajstić information content (AvgIpc) is 3.00. The lowest BCUT2D eigenvalue weighted by Crippen LogP contribution is -2.57. The Balaban J connectivity index is 1.65. The Kier molecular flexibility index (Phi) is 3.35. The van der Waals surface area contributed by atoms with Gasteiger partial charge in [-0.3, -0.25) is 9.80 Å². The molecule has 5 rings (SSSR count). The molecule has 110 valence electrons. The van der Waals surface area contributed by atoms with Gasteiger partial charge in [0, 0.05) is 36.3 Å². The number of piperazine rings is 3. The predicted molar refractivity (Wildman–Crippen MR) is 84.9 cm³/mol. The molecule has 0 aliphatic carbocycles. The minimum absolute atomic E-state index is 0.167. The van der Waals surface area contributed by atoms with E-state index >= 15 is 0 Å². The van der Waals surface area contributed by atoms with Gasteiger partial charge in [-0.05, 0) is 40.8 Å². The third kappa shape index (κ3) is 2.43. The Labute approximate surface area is 135 Å². The molecule has 3 fully saturated rings. The highest BCUT2D eigenvalue weighted by Crippen LogP contribution is 2.32. The lowest BCUT2D eigenvalue weighted by molar-refractivity contribution is 0.00781. The number of rotatable bonds is 2. The summed E-state index contributed by atoms with van der Waals surface area (Å²) in [5.41, 5.74) is 0.594. The first-order valence-electron chi connectivity index (χ1n) is 6.99. The zero-order chi connectivity index (χ0) is 14.4. The molecule has 1 atom stereocenters. The van der Waals surface area contributed by atoms with Crippen LogP contribution in [0.5, 0.6) is 5.75 Å². The van der Waals surface area contributed by atoms with E-state index < -0.39 is 0 Å². The van der Waals surface area contributed by atoms with Crippen molar-refractivity contribution >= 4 is 22.6 Å². The van der Waals surface area contributed by atoms with Crippen molar-refractivity contribution < 1.29 is 9.63 Å². The fourth-order valence-corrected chi connectivity index (χ4v) is 3.51. The van der Waals surface area contributed by atoms with Crippen LogP contribution < -0.4 is 0 Å². The van der Waals surface area contributed by atoms with Crippen LogP contribution in [-0.2, 0) is 0 Å². The van der Waals surface area contributed by atoms with Crippen LogP contribution in [0.15, 0.2) is 22.7 Å². The maximum Gasteiger partial charge on any atom is 0.261 e. The molecule has 7 heteroatoms. The summed E-state index contributed by atoms with van der Waals surface area (Å²) in [7, 11) is 0. The Morgan fingerprint density at radius 3 is 2.76 bits per heavy atom. The largest absolute Gasteiger partial charge is 0.507 e. The van der Waals surface area contributed by atoms with Crippen molar-refractivity contribution in [2.24, 2.45) is 0 Å². The molecule has 1 N–H and O–H groups in total. The van der Waals surface area contributed by atoms with E-state index in [1.54, 1.807) is 6.07 Å². The SMILES string of the molecule is Oc1ccc(I)cc1-c1nc(C2CN3CCN2CC3)no1. The monoisotopic (exact) mass is 398 g/mol. The van der Waals surface area contributed by atoms with Crippen LogP contribution in [0.3, 0.4) is 0 Å². The van der Waals surface area contributed by atoms with E-state index in [4.69, 9.17) is 4.52 Å². The van der Waals surface area contributed by atoms with E-state index in [-0.39, 0.29) is 11.8 Å². The van der Waals surface area contributed by atoms with E-state index in [2.05, 4.69) is 42.5 Å². The molecule has 4 heterocycles. The zero-order valence-electron chi connectivity index (χ0n) is 11.4. The molecule has 1 aromatic heterocycles. The first-order valence-corrected chi connectivity index (χ1v) is 8.07. The van der Waals surface area contributed by atoms with Crippen LogP contribution in [0.4, 0.5) is 0 Å². The number of nitrogens with zero attached hydrogens (tertiary/aromatic N) is 4. The normalized spacial score (nSPS) is 28.0. The molecule has 1 unspecified atom stereocenters. The first-order chi connectivity index (χ1) is 10.2. The van der Waals surface area contributed by atoms with Crippen molar-refractivity contribution in [3.05, 3.63) is 27.6 Å². The standard InChI is InChI=1S/C14H15IN4O2/c15-9-1-2-12(20)10(7-9)14-16-13(17-21-14)11-8-18-3-5-19(11)6-4-18/h1-2,7,11,20H,3-6,8H2. The number of benzene rings is 1. The van der Waals surface area contributed by atoms with Crippen molar-refractivity contribution in [2.75, 3.05) is 32.7 Å². The highest BCUT2D eigenvalue weighted by molar-refractivity contribution is 14.1. The van der Waals surface area contributed by atoms with Gasteiger partial charge in [-0.1, -0.05) is 5.16 Å². The molecule has 0 spiro atoms. The maximum atomic E-state index is 9.96. The lowest BCUT2D eigenvalue weighted by atomic mass is 10.1. The van der Waals surface area contributed by atoms with Gasteiger partial charge in [0.05, 0.1) is 11.6 Å². The molecule has 0 saturated carbocycles. The van der Waals surface area contributed by atoms with Gasteiger partial charge in [0.15, 0.2) is 5.82 Å². The van der Waals surface area contributed by atoms with Gasteiger partial charge in [-0.15, -0.1) is 0 Å². The molecule has 2 aromatic rings. The second-order valence-corrected chi connectivity index (χ2v) is 6.72. The molecule has 21 heavy (non-hydrogen) atoms. The summed E-state index contributed by atoms with van der Waals surface area (Å²) in [6.45, 7) is 5.32. The fourth-order valence-electron chi connectivity index (χ4n) is 3.02. The summed E-state index contributed by atoms with van der Waals surface area (Å²) in [4.78, 5) is 9.36. The van der Waals surface area contributed by atoms with Gasteiger partial charge in [0.1, 0.15) is 5.75 Å². The number of aromatic nitrogens is 2. The van der Waals surface area contributed by atoms with Crippen LogP contribution in [0.2, 0.25) is 0 Å². The van der Waals surface area contributed by atoms with E-state index in [1.807, 2.05) is 12.1 Å². The summed E-state index contributed by atoms with van der Waals surface area (Å²) in [5.74, 6) is 1.27. The molecule has 3 saturated heterocycles. The van der Waals surface area contributed by atoms with Crippen LogP contribution in [0.25, 0.3) is 11.5 Å².